The highest BCUT2D eigenvalue weighted by Crippen LogP contribution is 2.37. The standard InChI is InChI=1S/C25H33N3O3/c1-18-7-4-5-8-24(18)19(2)27-16-22-15-21(27)17-28(22)25(29)26-20-9-11-23(12-10-20)31-14-6-13-30-3/h4-5,7-12,19,21-22H,6,13-17H2,1-3H3,(H,26,29). The Kier molecular flexibility index (Phi) is 6.78. The average Bonchev–Trinajstić information content (AvgIpc) is 3.39. The first-order valence-corrected chi connectivity index (χ1v) is 11.2. The number of benzene rings is 2. The molecule has 3 atom stereocenters. The Morgan fingerprint density at radius 2 is 1.87 bits per heavy atom. The van der Waals surface area contributed by atoms with Crippen molar-refractivity contribution in [1.29, 1.82) is 0 Å². The zero-order chi connectivity index (χ0) is 21.8. The molecule has 2 aliphatic rings. The SMILES string of the molecule is COCCCOc1ccc(NC(=O)N2CC3CC2CN3C(C)c2ccccc2C)cc1. The number of hydrogen-bond acceptors (Lipinski definition) is 4. The average molecular weight is 424 g/mol. The number of nitrogens with zero attached hydrogens (tertiary/aromatic N) is 2. The van der Waals surface area contributed by atoms with Crippen LogP contribution in [-0.2, 0) is 4.74 Å². The lowest BCUT2D eigenvalue weighted by Gasteiger charge is -2.38. The molecule has 2 fully saturated rings. The maximum absolute atomic E-state index is 12.9. The third-order valence-corrected chi connectivity index (χ3v) is 6.55. The summed E-state index contributed by atoms with van der Waals surface area (Å²) in [7, 11) is 1.69. The zero-order valence-corrected chi connectivity index (χ0v) is 18.7. The van der Waals surface area contributed by atoms with Crippen LogP contribution in [0, 0.1) is 6.92 Å². The van der Waals surface area contributed by atoms with Crippen LogP contribution < -0.4 is 10.1 Å². The zero-order valence-electron chi connectivity index (χ0n) is 18.7. The van der Waals surface area contributed by atoms with Crippen LogP contribution in [0.15, 0.2) is 48.5 Å². The van der Waals surface area contributed by atoms with Gasteiger partial charge in [0.2, 0.25) is 0 Å². The number of urea groups is 1. The van der Waals surface area contributed by atoms with Gasteiger partial charge in [0.25, 0.3) is 0 Å². The lowest BCUT2D eigenvalue weighted by atomic mass is 10.0. The van der Waals surface area contributed by atoms with Crippen molar-refractivity contribution < 1.29 is 14.3 Å². The predicted molar refractivity (Wildman–Crippen MR) is 123 cm³/mol. The summed E-state index contributed by atoms with van der Waals surface area (Å²) in [6, 6.07) is 17.2. The van der Waals surface area contributed by atoms with E-state index < -0.39 is 0 Å². The molecule has 2 aromatic rings. The van der Waals surface area contributed by atoms with Crippen molar-refractivity contribution in [1.82, 2.24) is 9.80 Å². The molecule has 2 aromatic carbocycles. The molecule has 1 N–H and O–H groups in total. The van der Waals surface area contributed by atoms with Gasteiger partial charge >= 0.3 is 6.03 Å². The topological polar surface area (TPSA) is 54.0 Å². The monoisotopic (exact) mass is 423 g/mol. The second-order valence-corrected chi connectivity index (χ2v) is 8.57. The van der Waals surface area contributed by atoms with Crippen molar-refractivity contribution in [3.63, 3.8) is 0 Å². The minimum Gasteiger partial charge on any atom is -0.494 e. The van der Waals surface area contributed by atoms with Gasteiger partial charge in [-0.1, -0.05) is 24.3 Å². The first-order chi connectivity index (χ1) is 15.1. The van der Waals surface area contributed by atoms with Crippen LogP contribution >= 0.6 is 0 Å². The highest BCUT2D eigenvalue weighted by atomic mass is 16.5. The van der Waals surface area contributed by atoms with Crippen LogP contribution in [0.2, 0.25) is 0 Å². The van der Waals surface area contributed by atoms with Gasteiger partial charge in [0, 0.05) is 57.0 Å². The molecule has 6 heteroatoms. The van der Waals surface area contributed by atoms with Crippen LogP contribution in [0.3, 0.4) is 0 Å². The molecule has 2 bridgehead atoms. The van der Waals surface area contributed by atoms with Gasteiger partial charge in [-0.05, 0) is 55.7 Å². The quantitative estimate of drug-likeness (QED) is 0.637. The Morgan fingerprint density at radius 3 is 2.55 bits per heavy atom. The first-order valence-electron chi connectivity index (χ1n) is 11.2. The first kappa shape index (κ1) is 21.7. The molecule has 2 amide bonds. The van der Waals surface area contributed by atoms with Crippen molar-refractivity contribution in [3.8, 4) is 5.75 Å². The summed E-state index contributed by atoms with van der Waals surface area (Å²) in [5.41, 5.74) is 3.51. The third kappa shape index (κ3) is 4.86. The Bertz CT molecular complexity index is 886. The number of ether oxygens (including phenoxy) is 2. The third-order valence-electron chi connectivity index (χ3n) is 6.55. The fourth-order valence-electron chi connectivity index (χ4n) is 4.88. The van der Waals surface area contributed by atoms with Gasteiger partial charge in [-0.25, -0.2) is 4.79 Å². The summed E-state index contributed by atoms with van der Waals surface area (Å²) in [5, 5.41) is 3.05. The summed E-state index contributed by atoms with van der Waals surface area (Å²) >= 11 is 0. The number of nitrogens with one attached hydrogen (secondary N) is 1. The van der Waals surface area contributed by atoms with Crippen molar-refractivity contribution in [3.05, 3.63) is 59.7 Å². The largest absolute Gasteiger partial charge is 0.494 e. The number of carbonyl (C=O) groups excluding carboxylic acids is 1. The summed E-state index contributed by atoms with van der Waals surface area (Å²) < 4.78 is 10.7. The second-order valence-electron chi connectivity index (χ2n) is 8.57. The molecule has 2 saturated heterocycles. The summed E-state index contributed by atoms with van der Waals surface area (Å²) in [5.74, 6) is 0.801. The fourth-order valence-corrected chi connectivity index (χ4v) is 4.88. The maximum Gasteiger partial charge on any atom is 0.322 e. The highest BCUT2D eigenvalue weighted by Gasteiger charge is 2.46. The van der Waals surface area contributed by atoms with E-state index in [1.807, 2.05) is 29.2 Å². The molecule has 4 rings (SSSR count). The van der Waals surface area contributed by atoms with Crippen LogP contribution in [0.25, 0.3) is 0 Å². The number of carbonyl (C=O) groups is 1. The van der Waals surface area contributed by atoms with E-state index in [1.54, 1.807) is 7.11 Å². The van der Waals surface area contributed by atoms with Crippen molar-refractivity contribution in [2.24, 2.45) is 0 Å². The van der Waals surface area contributed by atoms with E-state index in [1.165, 1.54) is 11.1 Å². The van der Waals surface area contributed by atoms with Crippen LogP contribution in [-0.4, -0.2) is 61.3 Å². The number of rotatable bonds is 8. The molecule has 166 valence electrons. The van der Waals surface area contributed by atoms with Gasteiger partial charge in [0.15, 0.2) is 0 Å². The van der Waals surface area contributed by atoms with Gasteiger partial charge in [-0.15, -0.1) is 0 Å². The minimum atomic E-state index is -0.00976. The van der Waals surface area contributed by atoms with E-state index in [2.05, 4.69) is 48.3 Å². The smallest absolute Gasteiger partial charge is 0.322 e. The number of likely N-dealkylation sites (tertiary alicyclic amines) is 2. The van der Waals surface area contributed by atoms with E-state index >= 15 is 0 Å². The highest BCUT2D eigenvalue weighted by molar-refractivity contribution is 5.90. The Labute approximate surface area is 185 Å². The molecule has 2 aliphatic heterocycles. The summed E-state index contributed by atoms with van der Waals surface area (Å²) in [4.78, 5) is 17.4. The number of aryl methyl sites for hydroxylation is 1. The predicted octanol–water partition coefficient (Wildman–Crippen LogP) is 4.46. The van der Waals surface area contributed by atoms with E-state index in [4.69, 9.17) is 9.47 Å². The molecule has 31 heavy (non-hydrogen) atoms. The summed E-state index contributed by atoms with van der Waals surface area (Å²) in [6.45, 7) is 7.48. The molecule has 3 unspecified atom stereocenters. The fraction of sp³-hybridized carbons (Fsp3) is 0.480. The Balaban J connectivity index is 1.29. The van der Waals surface area contributed by atoms with Crippen molar-refractivity contribution in [2.45, 2.75) is 44.8 Å². The molecule has 0 saturated carbocycles. The van der Waals surface area contributed by atoms with Crippen molar-refractivity contribution >= 4 is 11.7 Å². The molecule has 2 heterocycles. The van der Waals surface area contributed by atoms with Gasteiger partial charge < -0.3 is 19.7 Å². The lowest BCUT2D eigenvalue weighted by molar-refractivity contribution is 0.115. The molecule has 0 aliphatic carbocycles. The number of amides is 2. The normalized spacial score (nSPS) is 21.3. The maximum atomic E-state index is 12.9. The Hall–Kier alpha value is -2.57. The molecule has 0 aromatic heterocycles. The van der Waals surface area contributed by atoms with E-state index in [0.717, 1.165) is 37.4 Å². The summed E-state index contributed by atoms with van der Waals surface area (Å²) in [6.07, 6.45) is 1.91. The number of methoxy groups -OCH3 is 1. The number of piperazine rings is 1. The minimum absolute atomic E-state index is 0.00976. The van der Waals surface area contributed by atoms with Gasteiger partial charge in [-0.3, -0.25) is 4.90 Å². The molecular formula is C25H33N3O3. The van der Waals surface area contributed by atoms with Crippen LogP contribution in [0.1, 0.15) is 36.9 Å². The van der Waals surface area contributed by atoms with Gasteiger partial charge in [0.05, 0.1) is 6.61 Å². The molecular weight excluding hydrogens is 390 g/mol. The second kappa shape index (κ2) is 9.71. The van der Waals surface area contributed by atoms with E-state index in [0.29, 0.717) is 25.3 Å². The van der Waals surface area contributed by atoms with Gasteiger partial charge in [0.1, 0.15) is 5.75 Å². The van der Waals surface area contributed by atoms with Crippen LogP contribution in [0.5, 0.6) is 5.75 Å². The molecule has 0 radical (unpaired) electrons. The number of fused-ring (bicyclic) bond motifs is 2. The van der Waals surface area contributed by atoms with Gasteiger partial charge in [-0.2, -0.15) is 0 Å². The number of hydrogen-bond donors (Lipinski definition) is 1. The van der Waals surface area contributed by atoms with E-state index in [-0.39, 0.29) is 12.1 Å². The van der Waals surface area contributed by atoms with Crippen molar-refractivity contribution in [2.75, 3.05) is 38.7 Å². The number of anilines is 1. The van der Waals surface area contributed by atoms with Crippen LogP contribution in [0.4, 0.5) is 10.5 Å². The Morgan fingerprint density at radius 1 is 1.10 bits per heavy atom. The molecule has 0 spiro atoms. The lowest BCUT2D eigenvalue weighted by Crippen LogP contribution is -2.50. The molecule has 6 nitrogen and oxygen atoms in total. The van der Waals surface area contributed by atoms with E-state index in [9.17, 15) is 4.79 Å².